The Kier molecular flexibility index (Phi) is 5.22. The molecule has 0 aliphatic carbocycles. The van der Waals surface area contributed by atoms with Crippen LogP contribution in [0.15, 0.2) is 79.5 Å². The average molecular weight is 477 g/mol. The summed E-state index contributed by atoms with van der Waals surface area (Å²) < 4.78 is 13.9. The standard InChI is InChI=1S/C27H21FN8/c1-3-15(2)31-19-10-17(11-29-12-19)21-7-8-22-25(32-21)26(36-35-22)27-33-23-14-30-13-20(24(23)34-27)16-5-4-6-18(28)9-16/h4-14,31H,2-3H2,1H3,(H,33,34)(H,35,36). The number of halogens is 1. The molecule has 36 heavy (non-hydrogen) atoms. The molecule has 0 amide bonds. The van der Waals surface area contributed by atoms with Gasteiger partial charge in [0.2, 0.25) is 0 Å². The number of benzene rings is 1. The van der Waals surface area contributed by atoms with Gasteiger partial charge in [-0.1, -0.05) is 25.6 Å². The zero-order chi connectivity index (χ0) is 24.6. The number of imidazole rings is 1. The van der Waals surface area contributed by atoms with Crippen LogP contribution in [0, 0.1) is 5.82 Å². The monoisotopic (exact) mass is 476 g/mol. The fraction of sp³-hybridized carbons (Fsp3) is 0.0741. The summed E-state index contributed by atoms with van der Waals surface area (Å²) >= 11 is 0. The molecule has 6 aromatic rings. The van der Waals surface area contributed by atoms with Crippen molar-refractivity contribution in [2.75, 3.05) is 5.32 Å². The maximum Gasteiger partial charge on any atom is 0.161 e. The summed E-state index contributed by atoms with van der Waals surface area (Å²) in [5.41, 5.74) is 8.22. The van der Waals surface area contributed by atoms with Crippen molar-refractivity contribution in [3.05, 3.63) is 85.3 Å². The van der Waals surface area contributed by atoms with Gasteiger partial charge in [0.1, 0.15) is 11.3 Å². The molecule has 0 saturated carbocycles. The first kappa shape index (κ1) is 21.6. The number of anilines is 1. The van der Waals surface area contributed by atoms with Crippen molar-refractivity contribution in [1.29, 1.82) is 0 Å². The van der Waals surface area contributed by atoms with Crippen LogP contribution in [0.2, 0.25) is 0 Å². The lowest BCUT2D eigenvalue weighted by Gasteiger charge is -2.08. The normalized spacial score (nSPS) is 11.3. The molecule has 5 heterocycles. The van der Waals surface area contributed by atoms with E-state index in [1.807, 2.05) is 31.2 Å². The highest BCUT2D eigenvalue weighted by molar-refractivity contribution is 5.95. The maximum absolute atomic E-state index is 13.9. The van der Waals surface area contributed by atoms with Gasteiger partial charge in [-0.15, -0.1) is 0 Å². The third-order valence-electron chi connectivity index (χ3n) is 5.94. The first-order valence-electron chi connectivity index (χ1n) is 11.4. The molecule has 5 aromatic heterocycles. The average Bonchev–Trinajstić information content (AvgIpc) is 3.52. The third-order valence-corrected chi connectivity index (χ3v) is 5.94. The molecular formula is C27H21FN8. The van der Waals surface area contributed by atoms with Crippen LogP contribution in [-0.2, 0) is 0 Å². The number of aromatic amines is 2. The minimum atomic E-state index is -0.317. The van der Waals surface area contributed by atoms with Crippen LogP contribution in [0.1, 0.15) is 13.3 Å². The van der Waals surface area contributed by atoms with Crippen LogP contribution in [0.25, 0.3) is 56.0 Å². The van der Waals surface area contributed by atoms with E-state index in [1.165, 1.54) is 12.1 Å². The molecule has 0 fully saturated rings. The molecular weight excluding hydrogens is 455 g/mol. The van der Waals surface area contributed by atoms with Crippen molar-refractivity contribution >= 4 is 27.8 Å². The fourth-order valence-corrected chi connectivity index (χ4v) is 4.08. The summed E-state index contributed by atoms with van der Waals surface area (Å²) in [5, 5.41) is 10.8. The fourth-order valence-electron chi connectivity index (χ4n) is 4.08. The number of hydrogen-bond acceptors (Lipinski definition) is 6. The zero-order valence-corrected chi connectivity index (χ0v) is 19.4. The van der Waals surface area contributed by atoms with Crippen molar-refractivity contribution in [3.63, 3.8) is 0 Å². The number of hydrogen-bond donors (Lipinski definition) is 3. The lowest BCUT2D eigenvalue weighted by molar-refractivity contribution is 0.628. The van der Waals surface area contributed by atoms with Gasteiger partial charge >= 0.3 is 0 Å². The highest BCUT2D eigenvalue weighted by Crippen LogP contribution is 2.31. The first-order valence-corrected chi connectivity index (χ1v) is 11.4. The number of fused-ring (bicyclic) bond motifs is 2. The largest absolute Gasteiger partial charge is 0.358 e. The van der Waals surface area contributed by atoms with Gasteiger partial charge in [-0.25, -0.2) is 14.4 Å². The second kappa shape index (κ2) is 8.70. The smallest absolute Gasteiger partial charge is 0.161 e. The van der Waals surface area contributed by atoms with Gasteiger partial charge in [-0.3, -0.25) is 15.1 Å². The Labute approximate surface area is 205 Å². The topological polar surface area (TPSA) is 108 Å². The molecule has 0 atom stereocenters. The Balaban J connectivity index is 1.43. The van der Waals surface area contributed by atoms with Gasteiger partial charge in [-0.2, -0.15) is 5.10 Å². The van der Waals surface area contributed by atoms with Crippen molar-refractivity contribution in [1.82, 2.24) is 35.1 Å². The van der Waals surface area contributed by atoms with Crippen molar-refractivity contribution in [3.8, 4) is 33.9 Å². The molecule has 0 bridgehead atoms. The number of nitrogens with zero attached hydrogens (tertiary/aromatic N) is 5. The van der Waals surface area contributed by atoms with Crippen LogP contribution in [0.3, 0.4) is 0 Å². The number of rotatable bonds is 6. The number of allylic oxidation sites excluding steroid dienone is 1. The second-order valence-electron chi connectivity index (χ2n) is 8.39. The lowest BCUT2D eigenvalue weighted by atomic mass is 10.1. The highest BCUT2D eigenvalue weighted by Gasteiger charge is 2.17. The van der Waals surface area contributed by atoms with Crippen LogP contribution in [0.4, 0.5) is 10.1 Å². The van der Waals surface area contributed by atoms with E-state index in [1.54, 1.807) is 30.9 Å². The molecule has 0 unspecified atom stereocenters. The van der Waals surface area contributed by atoms with Gasteiger partial charge in [0.05, 0.1) is 40.3 Å². The highest BCUT2D eigenvalue weighted by atomic mass is 19.1. The quantitative estimate of drug-likeness (QED) is 0.268. The Morgan fingerprint density at radius 3 is 2.69 bits per heavy atom. The van der Waals surface area contributed by atoms with E-state index in [9.17, 15) is 4.39 Å². The molecule has 0 aliphatic heterocycles. The Morgan fingerprint density at radius 2 is 1.83 bits per heavy atom. The van der Waals surface area contributed by atoms with Gasteiger partial charge in [0.25, 0.3) is 0 Å². The van der Waals surface area contributed by atoms with Gasteiger partial charge in [0.15, 0.2) is 11.5 Å². The van der Waals surface area contributed by atoms with Crippen molar-refractivity contribution in [2.24, 2.45) is 0 Å². The summed E-state index contributed by atoms with van der Waals surface area (Å²) in [5.74, 6) is 0.224. The first-order chi connectivity index (χ1) is 17.6. The van der Waals surface area contributed by atoms with E-state index in [4.69, 9.17) is 9.97 Å². The zero-order valence-electron chi connectivity index (χ0n) is 19.4. The summed E-state index contributed by atoms with van der Waals surface area (Å²) in [6.07, 6.45) is 7.72. The molecule has 176 valence electrons. The summed E-state index contributed by atoms with van der Waals surface area (Å²) in [6.45, 7) is 6.04. The predicted molar refractivity (Wildman–Crippen MR) is 138 cm³/mol. The van der Waals surface area contributed by atoms with Crippen LogP contribution in [0.5, 0.6) is 0 Å². The molecule has 3 N–H and O–H groups in total. The van der Waals surface area contributed by atoms with Gasteiger partial charge in [0, 0.05) is 29.2 Å². The molecule has 1 aromatic carbocycles. The molecule has 0 aliphatic rings. The number of pyridine rings is 3. The van der Waals surface area contributed by atoms with Crippen LogP contribution >= 0.6 is 0 Å². The Hall–Kier alpha value is -4.92. The molecule has 9 heteroatoms. The SMILES string of the molecule is C=C(CC)Nc1cncc(-c2ccc3[nH]nc(-c4nc5c(-c6cccc(F)c6)cncc5[nH]4)c3n2)c1. The Bertz CT molecular complexity index is 1750. The molecule has 0 radical (unpaired) electrons. The molecule has 8 nitrogen and oxygen atoms in total. The minimum Gasteiger partial charge on any atom is -0.358 e. The number of nitrogens with one attached hydrogen (secondary N) is 3. The van der Waals surface area contributed by atoms with E-state index in [0.717, 1.165) is 45.7 Å². The van der Waals surface area contributed by atoms with Crippen molar-refractivity contribution in [2.45, 2.75) is 13.3 Å². The second-order valence-corrected chi connectivity index (χ2v) is 8.39. The maximum atomic E-state index is 13.9. The predicted octanol–water partition coefficient (Wildman–Crippen LogP) is 6.10. The lowest BCUT2D eigenvalue weighted by Crippen LogP contribution is -1.97. The van der Waals surface area contributed by atoms with Crippen molar-refractivity contribution < 1.29 is 4.39 Å². The number of aromatic nitrogens is 7. The number of H-pyrrole nitrogens is 2. The Morgan fingerprint density at radius 1 is 0.944 bits per heavy atom. The van der Waals surface area contributed by atoms with Gasteiger partial charge in [-0.05, 0) is 42.3 Å². The van der Waals surface area contributed by atoms with E-state index < -0.39 is 0 Å². The van der Waals surface area contributed by atoms with E-state index in [2.05, 4.69) is 37.0 Å². The summed E-state index contributed by atoms with van der Waals surface area (Å²) in [4.78, 5) is 21.6. The van der Waals surface area contributed by atoms with Gasteiger partial charge < -0.3 is 10.3 Å². The minimum absolute atomic E-state index is 0.317. The van der Waals surface area contributed by atoms with E-state index in [-0.39, 0.29) is 5.82 Å². The van der Waals surface area contributed by atoms with Crippen LogP contribution in [-0.4, -0.2) is 35.1 Å². The van der Waals surface area contributed by atoms with E-state index >= 15 is 0 Å². The van der Waals surface area contributed by atoms with Crippen LogP contribution < -0.4 is 5.32 Å². The summed E-state index contributed by atoms with van der Waals surface area (Å²) in [6, 6.07) is 12.2. The van der Waals surface area contributed by atoms with E-state index in [0.29, 0.717) is 28.1 Å². The molecule has 0 saturated heterocycles. The molecule has 6 rings (SSSR count). The third kappa shape index (κ3) is 3.86. The molecule has 0 spiro atoms. The summed E-state index contributed by atoms with van der Waals surface area (Å²) in [7, 11) is 0.